The quantitative estimate of drug-likeness (QED) is 0.888. The summed E-state index contributed by atoms with van der Waals surface area (Å²) in [6.07, 6.45) is 4.55. The van der Waals surface area contributed by atoms with E-state index >= 15 is 0 Å². The van der Waals surface area contributed by atoms with Crippen LogP contribution in [0.1, 0.15) is 37.5 Å². The average molecular weight is 278 g/mol. The molecule has 2 aliphatic rings. The summed E-state index contributed by atoms with van der Waals surface area (Å²) >= 11 is 0. The van der Waals surface area contributed by atoms with Gasteiger partial charge in [-0.25, -0.2) is 0 Å². The van der Waals surface area contributed by atoms with Gasteiger partial charge >= 0.3 is 0 Å². The zero-order chi connectivity index (χ0) is 14.2. The Bertz CT molecular complexity index is 463. The Morgan fingerprint density at radius 1 is 1.40 bits per heavy atom. The van der Waals surface area contributed by atoms with Gasteiger partial charge in [0, 0.05) is 19.6 Å². The maximum absolute atomic E-state index is 12.8. The van der Waals surface area contributed by atoms with Crippen molar-refractivity contribution in [1.29, 1.82) is 0 Å². The number of carbonyl (C=O) groups excluding carboxylic acids is 1. The zero-order valence-corrected chi connectivity index (χ0v) is 11.9. The molecule has 0 radical (unpaired) electrons. The number of hydrogen-bond acceptors (Lipinski definition) is 4. The molecule has 3 heterocycles. The van der Waals surface area contributed by atoms with Gasteiger partial charge in [-0.05, 0) is 44.9 Å². The molecule has 0 saturated carbocycles. The van der Waals surface area contributed by atoms with Gasteiger partial charge in [-0.1, -0.05) is 0 Å². The fraction of sp³-hybridized carbons (Fsp3) is 0.667. The van der Waals surface area contributed by atoms with Gasteiger partial charge in [0.2, 0.25) is 0 Å². The summed E-state index contributed by atoms with van der Waals surface area (Å²) in [7, 11) is 2.02. The number of amides is 1. The standard InChI is InChI=1S/C15H22N2O3/c1-16-9-6-15(19,7-10-16)14(18)17-8-2-4-12(17)13-5-3-11-20-13/h3,5,11-12,19H,2,4,6-10H2,1H3/t12-/m1/s1. The highest BCUT2D eigenvalue weighted by molar-refractivity contribution is 5.85. The third kappa shape index (κ3) is 2.36. The van der Waals surface area contributed by atoms with Crippen molar-refractivity contribution >= 4 is 5.91 Å². The fourth-order valence-electron chi connectivity index (χ4n) is 3.26. The number of nitrogens with zero attached hydrogens (tertiary/aromatic N) is 2. The maximum atomic E-state index is 12.8. The topological polar surface area (TPSA) is 56.9 Å². The Morgan fingerprint density at radius 3 is 2.80 bits per heavy atom. The van der Waals surface area contributed by atoms with E-state index in [9.17, 15) is 9.90 Å². The molecule has 1 N–H and O–H groups in total. The molecule has 2 aliphatic heterocycles. The third-order valence-electron chi connectivity index (χ3n) is 4.60. The van der Waals surface area contributed by atoms with Crippen LogP contribution < -0.4 is 0 Å². The first-order valence-corrected chi connectivity index (χ1v) is 7.35. The van der Waals surface area contributed by atoms with Crippen LogP contribution in [0.25, 0.3) is 0 Å². The normalized spacial score (nSPS) is 26.9. The molecule has 0 unspecified atom stereocenters. The number of rotatable bonds is 2. The van der Waals surface area contributed by atoms with E-state index < -0.39 is 5.60 Å². The smallest absolute Gasteiger partial charge is 0.255 e. The lowest BCUT2D eigenvalue weighted by atomic mass is 9.89. The van der Waals surface area contributed by atoms with Crippen molar-refractivity contribution in [2.24, 2.45) is 0 Å². The van der Waals surface area contributed by atoms with Gasteiger partial charge in [-0.15, -0.1) is 0 Å². The molecule has 20 heavy (non-hydrogen) atoms. The number of aliphatic hydroxyl groups is 1. The predicted octanol–water partition coefficient (Wildman–Crippen LogP) is 1.40. The number of carbonyl (C=O) groups is 1. The zero-order valence-electron chi connectivity index (χ0n) is 11.9. The van der Waals surface area contributed by atoms with E-state index in [1.54, 1.807) is 6.26 Å². The van der Waals surface area contributed by atoms with Gasteiger partial charge < -0.3 is 19.3 Å². The van der Waals surface area contributed by atoms with Gasteiger partial charge in [-0.3, -0.25) is 4.79 Å². The van der Waals surface area contributed by atoms with Crippen molar-refractivity contribution < 1.29 is 14.3 Å². The third-order valence-corrected chi connectivity index (χ3v) is 4.60. The summed E-state index contributed by atoms with van der Waals surface area (Å²) in [6.45, 7) is 2.24. The van der Waals surface area contributed by atoms with Crippen LogP contribution in [-0.2, 0) is 4.79 Å². The monoisotopic (exact) mass is 278 g/mol. The lowest BCUT2D eigenvalue weighted by Crippen LogP contribution is -2.54. The highest BCUT2D eigenvalue weighted by Gasteiger charge is 2.45. The largest absolute Gasteiger partial charge is 0.467 e. The summed E-state index contributed by atoms with van der Waals surface area (Å²) in [5.74, 6) is 0.705. The van der Waals surface area contributed by atoms with Crippen molar-refractivity contribution in [3.63, 3.8) is 0 Å². The molecule has 2 saturated heterocycles. The number of piperidine rings is 1. The molecule has 1 amide bonds. The Hall–Kier alpha value is -1.33. The van der Waals surface area contributed by atoms with E-state index in [4.69, 9.17) is 4.42 Å². The van der Waals surface area contributed by atoms with E-state index in [0.29, 0.717) is 19.4 Å². The molecule has 0 spiro atoms. The molecule has 5 heteroatoms. The Morgan fingerprint density at radius 2 is 2.15 bits per heavy atom. The van der Waals surface area contributed by atoms with Crippen LogP contribution in [0.3, 0.4) is 0 Å². The van der Waals surface area contributed by atoms with Crippen molar-refractivity contribution in [2.75, 3.05) is 26.7 Å². The molecule has 1 aromatic heterocycles. The van der Waals surface area contributed by atoms with Crippen molar-refractivity contribution in [1.82, 2.24) is 9.80 Å². The summed E-state index contributed by atoms with van der Waals surface area (Å²) in [6, 6.07) is 3.75. The summed E-state index contributed by atoms with van der Waals surface area (Å²) < 4.78 is 5.45. The summed E-state index contributed by atoms with van der Waals surface area (Å²) in [5.41, 5.74) is -1.19. The molecule has 0 aliphatic carbocycles. The fourth-order valence-corrected chi connectivity index (χ4v) is 3.26. The van der Waals surface area contributed by atoms with E-state index in [1.165, 1.54) is 0 Å². The molecule has 110 valence electrons. The van der Waals surface area contributed by atoms with Crippen LogP contribution in [-0.4, -0.2) is 53.1 Å². The number of furan rings is 1. The second-order valence-corrected chi connectivity index (χ2v) is 6.01. The second kappa shape index (κ2) is 5.22. The van der Waals surface area contributed by atoms with Gasteiger partial charge in [0.25, 0.3) is 5.91 Å². The first-order chi connectivity index (χ1) is 9.60. The minimum absolute atomic E-state index is 0.0128. The summed E-state index contributed by atoms with van der Waals surface area (Å²) in [5, 5.41) is 10.7. The first kappa shape index (κ1) is 13.6. The van der Waals surface area contributed by atoms with E-state index in [0.717, 1.165) is 31.7 Å². The van der Waals surface area contributed by atoms with Crippen LogP contribution in [0.2, 0.25) is 0 Å². The van der Waals surface area contributed by atoms with Gasteiger partial charge in [0.05, 0.1) is 12.3 Å². The average Bonchev–Trinajstić information content (AvgIpc) is 3.10. The minimum Gasteiger partial charge on any atom is -0.467 e. The highest BCUT2D eigenvalue weighted by Crippen LogP contribution is 2.36. The molecule has 3 rings (SSSR count). The lowest BCUT2D eigenvalue weighted by molar-refractivity contribution is -0.157. The molecule has 2 fully saturated rings. The Kier molecular flexibility index (Phi) is 3.56. The van der Waals surface area contributed by atoms with E-state index in [-0.39, 0.29) is 11.9 Å². The molecule has 0 aromatic carbocycles. The summed E-state index contributed by atoms with van der Waals surface area (Å²) in [4.78, 5) is 16.7. The molecule has 5 nitrogen and oxygen atoms in total. The van der Waals surface area contributed by atoms with Gasteiger partial charge in [0.1, 0.15) is 11.4 Å². The molecular formula is C15H22N2O3. The van der Waals surface area contributed by atoms with Crippen LogP contribution in [0, 0.1) is 0 Å². The SMILES string of the molecule is CN1CCC(O)(C(=O)N2CCC[C@@H]2c2ccco2)CC1. The van der Waals surface area contributed by atoms with Crippen LogP contribution in [0.5, 0.6) is 0 Å². The molecule has 1 aromatic rings. The van der Waals surface area contributed by atoms with Crippen LogP contribution in [0.4, 0.5) is 0 Å². The van der Waals surface area contributed by atoms with Gasteiger partial charge in [0.15, 0.2) is 0 Å². The number of hydrogen-bond donors (Lipinski definition) is 1. The van der Waals surface area contributed by atoms with E-state index in [1.807, 2.05) is 24.1 Å². The molecular weight excluding hydrogens is 256 g/mol. The van der Waals surface area contributed by atoms with Crippen molar-refractivity contribution in [2.45, 2.75) is 37.3 Å². The van der Waals surface area contributed by atoms with Crippen molar-refractivity contribution in [3.05, 3.63) is 24.2 Å². The first-order valence-electron chi connectivity index (χ1n) is 7.35. The number of likely N-dealkylation sites (tertiary alicyclic amines) is 2. The van der Waals surface area contributed by atoms with Crippen molar-refractivity contribution in [3.8, 4) is 0 Å². The van der Waals surface area contributed by atoms with E-state index in [2.05, 4.69) is 4.90 Å². The molecule has 1 atom stereocenters. The second-order valence-electron chi connectivity index (χ2n) is 6.01. The van der Waals surface area contributed by atoms with Crippen LogP contribution >= 0.6 is 0 Å². The Labute approximate surface area is 119 Å². The van der Waals surface area contributed by atoms with Crippen LogP contribution in [0.15, 0.2) is 22.8 Å². The van der Waals surface area contributed by atoms with Gasteiger partial charge in [-0.2, -0.15) is 0 Å². The Balaban J connectivity index is 1.76. The molecule has 0 bridgehead atoms. The predicted molar refractivity (Wildman–Crippen MR) is 74.1 cm³/mol. The maximum Gasteiger partial charge on any atom is 0.255 e. The lowest BCUT2D eigenvalue weighted by Gasteiger charge is -2.38. The minimum atomic E-state index is -1.19. The highest BCUT2D eigenvalue weighted by atomic mass is 16.3.